The van der Waals surface area contributed by atoms with E-state index in [-0.39, 0.29) is 35.0 Å². The number of carbonyl (C=O) groups is 2. The molecule has 0 saturated carbocycles. The van der Waals surface area contributed by atoms with E-state index in [0.717, 1.165) is 0 Å². The molecule has 0 saturated heterocycles. The van der Waals surface area contributed by atoms with Gasteiger partial charge in [-0.15, -0.1) is 21.5 Å². The summed E-state index contributed by atoms with van der Waals surface area (Å²) in [6.07, 6.45) is 1.60. The summed E-state index contributed by atoms with van der Waals surface area (Å²) in [4.78, 5) is 40.0. The van der Waals surface area contributed by atoms with Gasteiger partial charge in [-0.1, -0.05) is 17.8 Å². The fourth-order valence-corrected chi connectivity index (χ4v) is 4.83. The van der Waals surface area contributed by atoms with Crippen LogP contribution in [0.5, 0.6) is 5.75 Å². The number of thioether (sulfide) groups is 1. The predicted molar refractivity (Wildman–Crippen MR) is 143 cm³/mol. The first kappa shape index (κ1) is 26.8. The van der Waals surface area contributed by atoms with Crippen molar-refractivity contribution in [3.05, 3.63) is 81.1 Å². The molecule has 2 amide bonds. The van der Waals surface area contributed by atoms with E-state index in [0.29, 0.717) is 34.2 Å². The second-order valence-corrected chi connectivity index (χ2v) is 9.56. The smallest absolute Gasteiger partial charge is 0.273 e. The Morgan fingerprint density at radius 1 is 1.18 bits per heavy atom. The van der Waals surface area contributed by atoms with Crippen molar-refractivity contribution in [1.29, 1.82) is 0 Å². The average Bonchev–Trinajstić information content (AvgIpc) is 3.56. The highest BCUT2D eigenvalue weighted by molar-refractivity contribution is 7.99. The first-order valence-electron chi connectivity index (χ1n) is 11.4. The Kier molecular flexibility index (Phi) is 8.66. The number of thiazole rings is 1. The average molecular weight is 554 g/mol. The highest BCUT2D eigenvalue weighted by Crippen LogP contribution is 2.25. The maximum Gasteiger partial charge on any atom is 0.273 e. The van der Waals surface area contributed by atoms with Crippen molar-refractivity contribution in [2.75, 3.05) is 17.7 Å². The number of hydrogen-bond donors (Lipinski definition) is 2. The lowest BCUT2D eigenvalue weighted by Gasteiger charge is -2.12. The van der Waals surface area contributed by atoms with Crippen LogP contribution in [-0.2, 0) is 11.3 Å². The van der Waals surface area contributed by atoms with Crippen LogP contribution >= 0.6 is 23.1 Å². The van der Waals surface area contributed by atoms with Crippen LogP contribution < -0.4 is 15.4 Å². The minimum atomic E-state index is -0.525. The third kappa shape index (κ3) is 6.33. The molecule has 4 rings (SSSR count). The Bertz CT molecular complexity index is 1440. The Hall–Kier alpha value is -4.30. The van der Waals surface area contributed by atoms with Gasteiger partial charge in [0.15, 0.2) is 16.1 Å². The Labute approximate surface area is 225 Å². The van der Waals surface area contributed by atoms with E-state index in [2.05, 4.69) is 25.8 Å². The molecule has 0 unspecified atom stereocenters. The number of nitrogens with one attached hydrogen (secondary N) is 2. The molecule has 2 aromatic carbocycles. The molecule has 14 heteroatoms. The quantitative estimate of drug-likeness (QED) is 0.159. The molecule has 0 atom stereocenters. The molecular formula is C24H23N7O5S2. The molecule has 4 aromatic rings. The zero-order valence-corrected chi connectivity index (χ0v) is 22.0. The van der Waals surface area contributed by atoms with E-state index in [9.17, 15) is 19.7 Å². The van der Waals surface area contributed by atoms with Gasteiger partial charge in [0.1, 0.15) is 5.75 Å². The van der Waals surface area contributed by atoms with Crippen molar-refractivity contribution in [2.45, 2.75) is 25.5 Å². The van der Waals surface area contributed by atoms with Crippen molar-refractivity contribution < 1.29 is 19.2 Å². The summed E-state index contributed by atoms with van der Waals surface area (Å²) < 4.78 is 7.26. The number of benzene rings is 2. The van der Waals surface area contributed by atoms with Crippen molar-refractivity contribution in [3.63, 3.8) is 0 Å². The number of nitro groups is 1. The summed E-state index contributed by atoms with van der Waals surface area (Å²) in [6.45, 7) is 3.94. The Balaban J connectivity index is 1.55. The molecule has 2 heterocycles. The lowest BCUT2D eigenvalue weighted by atomic mass is 10.1. The SMILES string of the molecule is CCOc1ccc(-n2c(CNC(=O)c3cccc([N+](=O)[O-])c3C)nnc2SCC(=O)Nc2nccs2)cc1. The highest BCUT2D eigenvalue weighted by Gasteiger charge is 2.20. The van der Waals surface area contributed by atoms with E-state index in [1.165, 1.54) is 48.2 Å². The summed E-state index contributed by atoms with van der Waals surface area (Å²) in [6, 6.07) is 11.6. The molecule has 0 aliphatic carbocycles. The van der Waals surface area contributed by atoms with E-state index < -0.39 is 10.8 Å². The van der Waals surface area contributed by atoms with Gasteiger partial charge >= 0.3 is 0 Å². The number of ether oxygens (including phenoxy) is 1. The van der Waals surface area contributed by atoms with Gasteiger partial charge in [0, 0.05) is 34.5 Å². The standard InChI is InChI=1S/C24H23N7O5S2/c1-3-36-17-9-7-16(8-10-17)30-20(13-26-22(33)18-5-4-6-19(15(18)2)31(34)35)28-29-24(30)38-14-21(32)27-23-25-11-12-37-23/h4-12H,3,13-14H2,1-2H3,(H,26,33)(H,25,27,32). The lowest BCUT2D eigenvalue weighted by Crippen LogP contribution is -2.25. The zero-order valence-electron chi connectivity index (χ0n) is 20.4. The first-order valence-corrected chi connectivity index (χ1v) is 13.3. The molecule has 0 bridgehead atoms. The monoisotopic (exact) mass is 553 g/mol. The maximum absolute atomic E-state index is 12.9. The number of amides is 2. The molecule has 12 nitrogen and oxygen atoms in total. The van der Waals surface area contributed by atoms with Gasteiger partial charge in [0.25, 0.3) is 11.6 Å². The normalized spacial score (nSPS) is 10.7. The summed E-state index contributed by atoms with van der Waals surface area (Å²) in [7, 11) is 0. The van der Waals surface area contributed by atoms with Crippen molar-refractivity contribution in [1.82, 2.24) is 25.1 Å². The van der Waals surface area contributed by atoms with E-state index in [1.807, 2.05) is 19.1 Å². The summed E-state index contributed by atoms with van der Waals surface area (Å²) >= 11 is 2.50. The zero-order chi connectivity index (χ0) is 27.1. The van der Waals surface area contributed by atoms with Gasteiger partial charge < -0.3 is 15.4 Å². The minimum Gasteiger partial charge on any atom is -0.494 e. The molecule has 0 spiro atoms. The van der Waals surface area contributed by atoms with Gasteiger partial charge in [0.05, 0.1) is 23.8 Å². The molecule has 0 aliphatic rings. The summed E-state index contributed by atoms with van der Waals surface area (Å²) in [5.74, 6) is 0.436. The topological polar surface area (TPSA) is 154 Å². The van der Waals surface area contributed by atoms with Gasteiger partial charge in [-0.05, 0) is 44.2 Å². The number of carbonyl (C=O) groups excluding carboxylic acids is 2. The van der Waals surface area contributed by atoms with Crippen molar-refractivity contribution in [2.24, 2.45) is 0 Å². The van der Waals surface area contributed by atoms with Crippen LogP contribution in [0.3, 0.4) is 0 Å². The fraction of sp³-hybridized carbons (Fsp3) is 0.208. The van der Waals surface area contributed by atoms with Crippen LogP contribution in [-0.4, -0.2) is 48.8 Å². The molecule has 2 aromatic heterocycles. The number of rotatable bonds is 11. The molecule has 0 radical (unpaired) electrons. The van der Waals surface area contributed by atoms with Crippen molar-refractivity contribution >= 4 is 45.7 Å². The second-order valence-electron chi connectivity index (χ2n) is 7.72. The van der Waals surface area contributed by atoms with Gasteiger partial charge in [-0.3, -0.25) is 24.3 Å². The summed E-state index contributed by atoms with van der Waals surface area (Å²) in [5, 5.41) is 27.9. The molecule has 2 N–H and O–H groups in total. The van der Waals surface area contributed by atoms with Gasteiger partial charge in [-0.2, -0.15) is 0 Å². The van der Waals surface area contributed by atoms with Crippen LogP contribution in [0.2, 0.25) is 0 Å². The number of anilines is 1. The van der Waals surface area contributed by atoms with Crippen LogP contribution in [0.4, 0.5) is 10.8 Å². The molecule has 38 heavy (non-hydrogen) atoms. The fourth-order valence-electron chi connectivity index (χ4n) is 3.52. The number of hydrogen-bond acceptors (Lipinski definition) is 10. The van der Waals surface area contributed by atoms with E-state index in [1.54, 1.807) is 28.3 Å². The lowest BCUT2D eigenvalue weighted by molar-refractivity contribution is -0.385. The van der Waals surface area contributed by atoms with Crippen LogP contribution in [0.25, 0.3) is 5.69 Å². The van der Waals surface area contributed by atoms with Gasteiger partial charge in [0.2, 0.25) is 5.91 Å². The molecule has 196 valence electrons. The number of nitro benzene ring substituents is 1. The molecule has 0 fully saturated rings. The first-order chi connectivity index (χ1) is 18.4. The van der Waals surface area contributed by atoms with E-state index in [4.69, 9.17) is 4.74 Å². The van der Waals surface area contributed by atoms with Crippen LogP contribution in [0, 0.1) is 17.0 Å². The largest absolute Gasteiger partial charge is 0.494 e. The second kappa shape index (κ2) is 12.3. The Morgan fingerprint density at radius 3 is 2.66 bits per heavy atom. The minimum absolute atomic E-state index is 0.00690. The summed E-state index contributed by atoms with van der Waals surface area (Å²) in [5.41, 5.74) is 1.03. The van der Waals surface area contributed by atoms with Crippen LogP contribution in [0.15, 0.2) is 59.2 Å². The molecular weight excluding hydrogens is 530 g/mol. The van der Waals surface area contributed by atoms with Crippen molar-refractivity contribution in [3.8, 4) is 11.4 Å². The highest BCUT2D eigenvalue weighted by atomic mass is 32.2. The van der Waals surface area contributed by atoms with E-state index >= 15 is 0 Å². The predicted octanol–water partition coefficient (Wildman–Crippen LogP) is 4.00. The van der Waals surface area contributed by atoms with Gasteiger partial charge in [-0.25, -0.2) is 4.98 Å². The maximum atomic E-state index is 12.9. The van der Waals surface area contributed by atoms with Crippen LogP contribution in [0.1, 0.15) is 28.7 Å². The third-order valence-electron chi connectivity index (χ3n) is 5.27. The Morgan fingerprint density at radius 2 is 1.97 bits per heavy atom. The third-order valence-corrected chi connectivity index (χ3v) is 6.89. The number of aromatic nitrogens is 4. The molecule has 0 aliphatic heterocycles. The number of nitrogens with zero attached hydrogens (tertiary/aromatic N) is 5.